The summed E-state index contributed by atoms with van der Waals surface area (Å²) in [6, 6.07) is 14.9. The van der Waals surface area contributed by atoms with Crippen molar-refractivity contribution >= 4 is 35.4 Å². The highest BCUT2D eigenvalue weighted by Crippen LogP contribution is 2.34. The zero-order valence-electron chi connectivity index (χ0n) is 33.5. The van der Waals surface area contributed by atoms with Gasteiger partial charge in [-0.05, 0) is 81.4 Å². The second-order valence-electron chi connectivity index (χ2n) is 16.2. The number of hydrogen-bond donors (Lipinski definition) is 6. The second-order valence-corrected chi connectivity index (χ2v) is 16.2. The third-order valence-electron chi connectivity index (χ3n) is 11.0. The van der Waals surface area contributed by atoms with Crippen LogP contribution >= 0.6 is 0 Å². The van der Waals surface area contributed by atoms with Crippen molar-refractivity contribution in [1.82, 2.24) is 20.4 Å². The number of nitrogens with zero attached hydrogens (tertiary/aromatic N) is 2. The predicted octanol–water partition coefficient (Wildman–Crippen LogP) is 2.30. The number of nitrogens with two attached hydrogens (primary N) is 3. The quantitative estimate of drug-likeness (QED) is 0.0850. The molecule has 2 fully saturated rings. The number of piperazine rings is 1. The lowest BCUT2D eigenvalue weighted by atomic mass is 9.85. The molecule has 2 heterocycles. The van der Waals surface area contributed by atoms with E-state index in [9.17, 15) is 28.8 Å². The van der Waals surface area contributed by atoms with Gasteiger partial charge >= 0.3 is 5.97 Å². The van der Waals surface area contributed by atoms with Crippen LogP contribution in [0.25, 0.3) is 0 Å². The molecule has 0 spiro atoms. The van der Waals surface area contributed by atoms with Crippen LogP contribution in [0, 0.1) is 11.8 Å². The Hall–Kier alpha value is -4.66. The minimum Gasteiger partial charge on any atom is -0.480 e. The smallest absolute Gasteiger partial charge is 0.320 e. The number of carbonyl (C=O) groups is 6. The van der Waals surface area contributed by atoms with Crippen LogP contribution in [0.5, 0.6) is 0 Å². The molecule has 4 rings (SSSR count). The van der Waals surface area contributed by atoms with Gasteiger partial charge in [-0.1, -0.05) is 80.9 Å². The molecule has 2 aromatic carbocycles. The van der Waals surface area contributed by atoms with Gasteiger partial charge in [-0.25, -0.2) is 0 Å². The molecule has 0 saturated carbocycles. The van der Waals surface area contributed by atoms with Crippen molar-refractivity contribution in [1.29, 1.82) is 0 Å². The van der Waals surface area contributed by atoms with Crippen LogP contribution < -0.4 is 27.8 Å². The number of nitrogens with one attached hydrogen (secondary N) is 2. The molecule has 7 atom stereocenters. The van der Waals surface area contributed by atoms with E-state index in [2.05, 4.69) is 10.6 Å². The van der Waals surface area contributed by atoms with Crippen molar-refractivity contribution in [2.75, 3.05) is 19.6 Å². The summed E-state index contributed by atoms with van der Waals surface area (Å²) in [6.45, 7) is 5.18. The van der Waals surface area contributed by atoms with Gasteiger partial charge in [-0.15, -0.1) is 0 Å². The highest BCUT2D eigenvalue weighted by atomic mass is 16.4. The van der Waals surface area contributed by atoms with E-state index < -0.39 is 42.0 Å². The number of carbonyl (C=O) groups excluding carboxylic acids is 5. The lowest BCUT2D eigenvalue weighted by molar-refractivity contribution is -0.163. The van der Waals surface area contributed by atoms with Crippen LogP contribution in [-0.4, -0.2) is 106 Å². The molecular weight excluding hydrogens is 727 g/mol. The van der Waals surface area contributed by atoms with Crippen LogP contribution in [0.1, 0.15) is 89.2 Å². The van der Waals surface area contributed by atoms with Crippen molar-refractivity contribution in [3.8, 4) is 0 Å². The maximum absolute atomic E-state index is 14.2. The average Bonchev–Trinajstić information content (AvgIpc) is 3.18. The molecule has 4 amide bonds. The van der Waals surface area contributed by atoms with Crippen molar-refractivity contribution in [3.05, 3.63) is 71.8 Å². The fraction of sp³-hybridized carbons (Fsp3) is 0.581. The maximum atomic E-state index is 14.2. The fourth-order valence-electron chi connectivity index (χ4n) is 7.89. The molecule has 2 aromatic rings. The number of carboxylic acids is 1. The summed E-state index contributed by atoms with van der Waals surface area (Å²) in [5.74, 6) is -3.11. The minimum absolute atomic E-state index is 0.0328. The van der Waals surface area contributed by atoms with Gasteiger partial charge in [0.2, 0.25) is 23.6 Å². The Kier molecular flexibility index (Phi) is 17.6. The van der Waals surface area contributed by atoms with Crippen LogP contribution in [0.3, 0.4) is 0 Å². The normalized spacial score (nSPS) is 18.8. The topological polar surface area (TPSA) is 231 Å². The summed E-state index contributed by atoms with van der Waals surface area (Å²) in [4.78, 5) is 83.3. The summed E-state index contributed by atoms with van der Waals surface area (Å²) < 4.78 is 0. The van der Waals surface area contributed by atoms with Crippen molar-refractivity contribution in [2.24, 2.45) is 29.0 Å². The number of aliphatic carboxylic acids is 1. The Balaban J connectivity index is 1.42. The third kappa shape index (κ3) is 13.8. The first kappa shape index (κ1) is 45.0. The first-order chi connectivity index (χ1) is 27.3. The predicted molar refractivity (Wildman–Crippen MR) is 217 cm³/mol. The zero-order chi connectivity index (χ0) is 41.5. The van der Waals surface area contributed by atoms with Crippen LogP contribution in [-0.2, 0) is 41.6 Å². The number of unbranched alkanes of at least 4 members (excludes halogenated alkanes) is 2. The van der Waals surface area contributed by atoms with Crippen molar-refractivity contribution in [3.63, 3.8) is 0 Å². The van der Waals surface area contributed by atoms with E-state index in [1.165, 1.54) is 0 Å². The average molecular weight is 790 g/mol. The second kappa shape index (κ2) is 22.3. The monoisotopic (exact) mass is 789 g/mol. The first-order valence-corrected chi connectivity index (χ1v) is 20.5. The van der Waals surface area contributed by atoms with E-state index in [1.54, 1.807) is 9.80 Å². The molecule has 0 radical (unpaired) electrons. The lowest BCUT2D eigenvalue weighted by Gasteiger charge is -2.57. The van der Waals surface area contributed by atoms with Gasteiger partial charge in [-0.3, -0.25) is 28.8 Å². The maximum Gasteiger partial charge on any atom is 0.320 e. The van der Waals surface area contributed by atoms with E-state index in [1.807, 2.05) is 74.5 Å². The molecule has 2 saturated heterocycles. The Labute approximate surface area is 336 Å². The highest BCUT2D eigenvalue weighted by molar-refractivity contribution is 5.95. The Morgan fingerprint density at radius 1 is 0.754 bits per heavy atom. The molecule has 14 heteroatoms. The van der Waals surface area contributed by atoms with Gasteiger partial charge in [-0.2, -0.15) is 0 Å². The molecule has 0 aromatic heterocycles. The van der Waals surface area contributed by atoms with E-state index in [-0.39, 0.29) is 60.8 Å². The number of carboxylic acid groups (broad SMARTS) is 1. The Morgan fingerprint density at radius 3 is 1.91 bits per heavy atom. The van der Waals surface area contributed by atoms with Crippen LogP contribution in [0.15, 0.2) is 60.7 Å². The molecule has 2 aliphatic rings. The number of fused-ring (bicyclic) bond motifs is 2. The number of ketones is 1. The molecule has 14 nitrogen and oxygen atoms in total. The molecule has 2 bridgehead atoms. The Morgan fingerprint density at radius 2 is 1.33 bits per heavy atom. The number of likely N-dealkylation sites (tertiary alicyclic amines) is 2. The molecule has 57 heavy (non-hydrogen) atoms. The molecule has 312 valence electrons. The SMILES string of the molecule is CC(C)CC(CC(=O)C(Cc1ccccc1)NC(=O)C(N)Cc1ccccc1)C(=O)NC(CCCCN)C(=O)N1C2CC1CN(C(=O)CCCCC(N)C(=O)O)C2. The van der Waals surface area contributed by atoms with Gasteiger partial charge in [0.15, 0.2) is 5.78 Å². The van der Waals surface area contributed by atoms with E-state index in [0.29, 0.717) is 71.0 Å². The standard InChI is InChI=1S/C43H63N7O7/c1-28(2)21-31(24-38(51)37(23-30-15-7-4-8-16-30)48-41(54)35(46)22-29-13-5-3-6-14-29)40(53)47-36(18-11-12-20-44)42(55)50-32-25-33(50)27-49(26-32)39(52)19-10-9-17-34(45)43(56)57/h3-8,13-16,28,31-37H,9-12,17-27,44-46H2,1-2H3,(H,47,53)(H,48,54)(H,56,57). The minimum atomic E-state index is -1.06. The summed E-state index contributed by atoms with van der Waals surface area (Å²) in [6.07, 6.45) is 4.89. The Bertz CT molecular complexity index is 1630. The number of Topliss-reactive ketones (excluding diaryl/α,β-unsaturated/α-hetero) is 1. The van der Waals surface area contributed by atoms with E-state index in [4.69, 9.17) is 22.3 Å². The number of rotatable bonds is 24. The number of benzene rings is 2. The zero-order valence-corrected chi connectivity index (χ0v) is 33.5. The summed E-state index contributed by atoms with van der Waals surface area (Å²) in [7, 11) is 0. The summed E-state index contributed by atoms with van der Waals surface area (Å²) in [5.41, 5.74) is 19.4. The molecule has 2 aliphatic heterocycles. The van der Waals surface area contributed by atoms with Crippen molar-refractivity contribution in [2.45, 2.75) is 127 Å². The molecule has 9 N–H and O–H groups in total. The first-order valence-electron chi connectivity index (χ1n) is 20.5. The summed E-state index contributed by atoms with van der Waals surface area (Å²) in [5, 5.41) is 14.9. The van der Waals surface area contributed by atoms with E-state index in [0.717, 1.165) is 17.5 Å². The van der Waals surface area contributed by atoms with Crippen LogP contribution in [0.2, 0.25) is 0 Å². The molecule has 0 aliphatic carbocycles. The van der Waals surface area contributed by atoms with Crippen LogP contribution in [0.4, 0.5) is 0 Å². The number of piperidine rings is 1. The number of hydrogen-bond acceptors (Lipinski definition) is 9. The van der Waals surface area contributed by atoms with Gasteiger partial charge in [0.1, 0.15) is 12.1 Å². The lowest BCUT2D eigenvalue weighted by Crippen LogP contribution is -2.72. The largest absolute Gasteiger partial charge is 0.480 e. The van der Waals surface area contributed by atoms with Gasteiger partial charge in [0.25, 0.3) is 0 Å². The van der Waals surface area contributed by atoms with Gasteiger partial charge < -0.3 is 42.7 Å². The number of amides is 4. The van der Waals surface area contributed by atoms with Crippen molar-refractivity contribution < 1.29 is 33.9 Å². The van der Waals surface area contributed by atoms with Gasteiger partial charge in [0.05, 0.1) is 24.2 Å². The summed E-state index contributed by atoms with van der Waals surface area (Å²) >= 11 is 0. The molecular formula is C43H63N7O7. The highest BCUT2D eigenvalue weighted by Gasteiger charge is 2.49. The van der Waals surface area contributed by atoms with Gasteiger partial charge in [0, 0.05) is 31.8 Å². The third-order valence-corrected chi connectivity index (χ3v) is 11.0. The fourth-order valence-corrected chi connectivity index (χ4v) is 7.89. The molecule has 7 unspecified atom stereocenters. The van der Waals surface area contributed by atoms with E-state index >= 15 is 0 Å².